The Morgan fingerprint density at radius 2 is 2.00 bits per heavy atom. The number of fused-ring (bicyclic) bond motifs is 1. The van der Waals surface area contributed by atoms with Crippen LogP contribution in [0.1, 0.15) is 35.7 Å². The Hall–Kier alpha value is -3.12. The molecular formula is C24H25N3O3. The molecule has 0 spiro atoms. The van der Waals surface area contributed by atoms with Crippen LogP contribution in [0.3, 0.4) is 0 Å². The third-order valence-electron chi connectivity index (χ3n) is 6.08. The normalized spacial score (nSPS) is 18.6. The van der Waals surface area contributed by atoms with Gasteiger partial charge in [0.05, 0.1) is 31.5 Å². The average molecular weight is 403 g/mol. The van der Waals surface area contributed by atoms with Crippen molar-refractivity contribution in [2.75, 3.05) is 19.8 Å². The lowest BCUT2D eigenvalue weighted by atomic mass is 9.88. The van der Waals surface area contributed by atoms with Gasteiger partial charge < -0.3 is 14.4 Å². The second-order valence-electron chi connectivity index (χ2n) is 7.93. The molecule has 30 heavy (non-hydrogen) atoms. The van der Waals surface area contributed by atoms with Crippen molar-refractivity contribution < 1.29 is 14.3 Å². The molecule has 3 heterocycles. The van der Waals surface area contributed by atoms with E-state index in [2.05, 4.69) is 36.4 Å². The van der Waals surface area contributed by atoms with Crippen molar-refractivity contribution in [3.63, 3.8) is 0 Å². The van der Waals surface area contributed by atoms with Gasteiger partial charge in [0.2, 0.25) is 0 Å². The van der Waals surface area contributed by atoms with E-state index in [1.54, 1.807) is 0 Å². The summed E-state index contributed by atoms with van der Waals surface area (Å²) < 4.78 is 12.9. The van der Waals surface area contributed by atoms with Crippen LogP contribution in [-0.4, -0.2) is 40.5 Å². The average Bonchev–Trinajstić information content (AvgIpc) is 3.20. The summed E-state index contributed by atoms with van der Waals surface area (Å²) in [5, 5.41) is 4.53. The molecule has 0 bridgehead atoms. The highest BCUT2D eigenvalue weighted by Crippen LogP contribution is 2.36. The second kappa shape index (κ2) is 7.95. The summed E-state index contributed by atoms with van der Waals surface area (Å²) in [4.78, 5) is 14.6. The van der Waals surface area contributed by atoms with Crippen LogP contribution < -0.4 is 0 Å². The molecule has 1 unspecified atom stereocenters. The molecule has 0 aliphatic carbocycles. The summed E-state index contributed by atoms with van der Waals surface area (Å²) in [5.41, 5.74) is 5.78. The van der Waals surface area contributed by atoms with Crippen molar-refractivity contribution >= 4 is 6.09 Å². The third-order valence-corrected chi connectivity index (χ3v) is 6.08. The summed E-state index contributed by atoms with van der Waals surface area (Å²) in [7, 11) is 0. The molecule has 1 amide bonds. The van der Waals surface area contributed by atoms with E-state index in [-0.39, 0.29) is 12.1 Å². The lowest BCUT2D eigenvalue weighted by Crippen LogP contribution is -2.39. The zero-order valence-electron chi connectivity index (χ0n) is 17.0. The Morgan fingerprint density at radius 3 is 2.77 bits per heavy atom. The summed E-state index contributed by atoms with van der Waals surface area (Å²) in [5.74, 6) is 0. The molecule has 1 aromatic heterocycles. The number of aromatic nitrogens is 2. The van der Waals surface area contributed by atoms with Crippen molar-refractivity contribution in [1.82, 2.24) is 14.7 Å². The van der Waals surface area contributed by atoms with Crippen molar-refractivity contribution in [2.45, 2.75) is 32.0 Å². The third kappa shape index (κ3) is 3.48. The molecule has 6 heteroatoms. The number of ether oxygens (including phenoxy) is 2. The number of nitrogens with zero attached hydrogens (tertiary/aromatic N) is 3. The Morgan fingerprint density at radius 1 is 1.17 bits per heavy atom. The van der Waals surface area contributed by atoms with E-state index in [1.807, 2.05) is 46.1 Å². The molecule has 1 atom stereocenters. The molecule has 6 nitrogen and oxygen atoms in total. The van der Waals surface area contributed by atoms with Gasteiger partial charge in [-0.25, -0.2) is 4.79 Å². The number of hydrogen-bond donors (Lipinski definition) is 0. The van der Waals surface area contributed by atoms with E-state index in [0.717, 1.165) is 30.8 Å². The molecule has 2 aliphatic heterocycles. The summed E-state index contributed by atoms with van der Waals surface area (Å²) in [6, 6.07) is 16.4. The Labute approximate surface area is 176 Å². The van der Waals surface area contributed by atoms with E-state index < -0.39 is 0 Å². The van der Waals surface area contributed by atoms with Crippen molar-refractivity contribution in [3.8, 4) is 11.1 Å². The van der Waals surface area contributed by atoms with E-state index >= 15 is 0 Å². The molecule has 1 fully saturated rings. The highest BCUT2D eigenvalue weighted by molar-refractivity contribution is 5.72. The van der Waals surface area contributed by atoms with Crippen LogP contribution in [0.5, 0.6) is 0 Å². The van der Waals surface area contributed by atoms with Gasteiger partial charge in [-0.3, -0.25) is 4.68 Å². The van der Waals surface area contributed by atoms with Gasteiger partial charge in [-0.1, -0.05) is 48.5 Å². The first-order chi connectivity index (χ1) is 14.7. The molecule has 2 aliphatic rings. The fourth-order valence-electron chi connectivity index (χ4n) is 4.24. The quantitative estimate of drug-likeness (QED) is 0.649. The predicted octanol–water partition coefficient (Wildman–Crippen LogP) is 4.38. The van der Waals surface area contributed by atoms with Crippen molar-refractivity contribution in [1.29, 1.82) is 0 Å². The fraction of sp³-hybridized carbons (Fsp3) is 0.333. The summed E-state index contributed by atoms with van der Waals surface area (Å²) in [6.07, 6.45) is 4.57. The minimum Gasteiger partial charge on any atom is -0.445 e. The maximum Gasteiger partial charge on any atom is 0.410 e. The van der Waals surface area contributed by atoms with Gasteiger partial charge in [-0.05, 0) is 35.6 Å². The highest BCUT2D eigenvalue weighted by atomic mass is 16.6. The van der Waals surface area contributed by atoms with Gasteiger partial charge in [-0.2, -0.15) is 5.10 Å². The van der Waals surface area contributed by atoms with Crippen molar-refractivity contribution in [2.24, 2.45) is 0 Å². The number of carbonyl (C=O) groups is 1. The van der Waals surface area contributed by atoms with Crippen LogP contribution in [0, 0.1) is 0 Å². The molecule has 154 valence electrons. The first-order valence-electron chi connectivity index (χ1n) is 10.4. The van der Waals surface area contributed by atoms with E-state index in [9.17, 15) is 4.79 Å². The first kappa shape index (κ1) is 18.9. The Bertz CT molecular complexity index is 1040. The standard InChI is InChI=1S/C24H25N3O3/c1-17-21-8-5-9-22(19-12-25-27(13-19)20-15-29-16-20)23(21)10-11-26(17)24(28)30-14-18-6-3-2-4-7-18/h2-9,12-13,17,20H,10-11,14-16H2,1H3. The van der Waals surface area contributed by atoms with Gasteiger partial charge in [0, 0.05) is 18.3 Å². The van der Waals surface area contributed by atoms with Crippen LogP contribution in [0.2, 0.25) is 0 Å². The first-order valence-corrected chi connectivity index (χ1v) is 10.4. The van der Waals surface area contributed by atoms with Gasteiger partial charge >= 0.3 is 6.09 Å². The molecule has 0 radical (unpaired) electrons. The molecule has 5 rings (SSSR count). The smallest absolute Gasteiger partial charge is 0.410 e. The Balaban J connectivity index is 1.33. The lowest BCUT2D eigenvalue weighted by Gasteiger charge is -2.35. The SMILES string of the molecule is CC1c2cccc(-c3cnn(C4COC4)c3)c2CCN1C(=O)OCc1ccccc1. The van der Waals surface area contributed by atoms with E-state index in [4.69, 9.17) is 9.47 Å². The fourth-order valence-corrected chi connectivity index (χ4v) is 4.24. The van der Waals surface area contributed by atoms with Gasteiger partial charge in [0.1, 0.15) is 6.61 Å². The topological polar surface area (TPSA) is 56.6 Å². The zero-order chi connectivity index (χ0) is 20.5. The van der Waals surface area contributed by atoms with E-state index in [0.29, 0.717) is 19.2 Å². The van der Waals surface area contributed by atoms with Crippen molar-refractivity contribution in [3.05, 3.63) is 77.6 Å². The van der Waals surface area contributed by atoms with Crippen LogP contribution in [0.4, 0.5) is 4.79 Å². The molecular weight excluding hydrogens is 378 g/mol. The second-order valence-corrected chi connectivity index (χ2v) is 7.93. The minimum atomic E-state index is -0.264. The molecule has 0 saturated carbocycles. The van der Waals surface area contributed by atoms with Crippen LogP contribution in [0.15, 0.2) is 60.9 Å². The number of carbonyl (C=O) groups excluding carboxylic acids is 1. The predicted molar refractivity (Wildman–Crippen MR) is 113 cm³/mol. The maximum absolute atomic E-state index is 12.7. The lowest BCUT2D eigenvalue weighted by molar-refractivity contribution is -0.0286. The molecule has 2 aromatic carbocycles. The highest BCUT2D eigenvalue weighted by Gasteiger charge is 2.30. The van der Waals surface area contributed by atoms with Gasteiger partial charge in [-0.15, -0.1) is 0 Å². The zero-order valence-corrected chi connectivity index (χ0v) is 17.0. The van der Waals surface area contributed by atoms with E-state index in [1.165, 1.54) is 16.7 Å². The monoisotopic (exact) mass is 403 g/mol. The number of benzene rings is 2. The number of hydrogen-bond acceptors (Lipinski definition) is 4. The number of amides is 1. The molecule has 0 N–H and O–H groups in total. The maximum atomic E-state index is 12.7. The largest absolute Gasteiger partial charge is 0.445 e. The minimum absolute atomic E-state index is 0.0351. The van der Waals surface area contributed by atoms with Crippen LogP contribution >= 0.6 is 0 Å². The number of rotatable bonds is 4. The van der Waals surface area contributed by atoms with Gasteiger partial charge in [0.15, 0.2) is 0 Å². The summed E-state index contributed by atoms with van der Waals surface area (Å²) in [6.45, 7) is 4.46. The molecule has 1 saturated heterocycles. The van der Waals surface area contributed by atoms with Crippen LogP contribution in [-0.2, 0) is 22.5 Å². The summed E-state index contributed by atoms with van der Waals surface area (Å²) >= 11 is 0. The Kier molecular flexibility index (Phi) is 5.01. The van der Waals surface area contributed by atoms with Gasteiger partial charge in [0.25, 0.3) is 0 Å². The molecule has 3 aromatic rings. The van der Waals surface area contributed by atoms with Crippen LogP contribution in [0.25, 0.3) is 11.1 Å².